The molecular formula is C22H24F3N5O4S2. The highest BCUT2D eigenvalue weighted by Gasteiger charge is 2.47. The molecule has 1 fully saturated rings. The fraction of sp³-hybridized carbons (Fsp3) is 0.500. The number of hydrogen-bond donors (Lipinski definition) is 1. The minimum Gasteiger partial charge on any atom is -0.475 e. The van der Waals surface area contributed by atoms with E-state index in [0.717, 1.165) is 49.0 Å². The summed E-state index contributed by atoms with van der Waals surface area (Å²) in [6.07, 6.45) is -3.24. The Kier molecular flexibility index (Phi) is 7.21. The molecule has 1 spiro atoms. The first-order valence-electron chi connectivity index (χ1n) is 11.1. The molecule has 5 heterocycles. The van der Waals surface area contributed by atoms with Crippen LogP contribution in [0, 0.1) is 13.8 Å². The van der Waals surface area contributed by atoms with Crippen LogP contribution in [-0.2, 0) is 29.8 Å². The number of alkyl halides is 3. The molecule has 3 aromatic rings. The molecule has 0 bridgehead atoms. The molecule has 2 aliphatic rings. The summed E-state index contributed by atoms with van der Waals surface area (Å²) in [6, 6.07) is 4.36. The summed E-state index contributed by atoms with van der Waals surface area (Å²) in [4.78, 5) is 43.8. The summed E-state index contributed by atoms with van der Waals surface area (Å²) in [5, 5.41) is 14.7. The summed E-state index contributed by atoms with van der Waals surface area (Å²) in [7, 11) is 0. The maximum atomic E-state index is 12.8. The van der Waals surface area contributed by atoms with Gasteiger partial charge in [0.25, 0.3) is 0 Å². The van der Waals surface area contributed by atoms with Crippen LogP contribution < -0.4 is 11.1 Å². The SMILES string of the molecule is Cc1ccc(CN2CCC3(CCn4c3nn(Cc3csc(C)n3)c(=O)c4=O)C2)s1.O=C(O)C(F)(F)F. The monoisotopic (exact) mass is 543 g/mol. The zero-order valence-corrected chi connectivity index (χ0v) is 21.2. The summed E-state index contributed by atoms with van der Waals surface area (Å²) in [5.74, 6) is -1.98. The predicted molar refractivity (Wildman–Crippen MR) is 128 cm³/mol. The van der Waals surface area contributed by atoms with Crippen molar-refractivity contribution in [2.45, 2.75) is 57.9 Å². The highest BCUT2D eigenvalue weighted by atomic mass is 32.1. The van der Waals surface area contributed by atoms with Gasteiger partial charge in [0.1, 0.15) is 5.82 Å². The number of thiazole rings is 1. The van der Waals surface area contributed by atoms with Crippen molar-refractivity contribution in [1.82, 2.24) is 24.2 Å². The molecule has 0 aromatic carbocycles. The Labute approximate surface area is 211 Å². The van der Waals surface area contributed by atoms with Gasteiger partial charge in [-0.2, -0.15) is 18.3 Å². The molecule has 3 aromatic heterocycles. The number of aromatic nitrogens is 4. The lowest BCUT2D eigenvalue weighted by Crippen LogP contribution is -2.45. The predicted octanol–water partition coefficient (Wildman–Crippen LogP) is 2.77. The number of likely N-dealkylation sites (tertiary alicyclic amines) is 1. The van der Waals surface area contributed by atoms with E-state index in [1.165, 1.54) is 25.8 Å². The first-order chi connectivity index (χ1) is 16.9. The third-order valence-corrected chi connectivity index (χ3v) is 8.06. The third kappa shape index (κ3) is 5.44. The van der Waals surface area contributed by atoms with E-state index >= 15 is 0 Å². The van der Waals surface area contributed by atoms with Gasteiger partial charge < -0.3 is 5.11 Å². The molecule has 1 unspecified atom stereocenters. The van der Waals surface area contributed by atoms with Gasteiger partial charge in [0.15, 0.2) is 0 Å². The number of aliphatic carboxylic acids is 1. The van der Waals surface area contributed by atoms with Crippen molar-refractivity contribution >= 4 is 28.6 Å². The highest BCUT2D eigenvalue weighted by Crippen LogP contribution is 2.41. The van der Waals surface area contributed by atoms with E-state index in [4.69, 9.17) is 15.0 Å². The number of rotatable bonds is 4. The van der Waals surface area contributed by atoms with Crippen molar-refractivity contribution in [1.29, 1.82) is 0 Å². The van der Waals surface area contributed by atoms with Gasteiger partial charge in [0.05, 0.1) is 17.2 Å². The van der Waals surface area contributed by atoms with Crippen LogP contribution in [-0.4, -0.2) is 54.6 Å². The molecule has 0 saturated carbocycles. The maximum Gasteiger partial charge on any atom is 0.490 e. The van der Waals surface area contributed by atoms with E-state index in [2.05, 4.69) is 28.9 Å². The minimum atomic E-state index is -5.08. The highest BCUT2D eigenvalue weighted by molar-refractivity contribution is 7.11. The first-order valence-corrected chi connectivity index (χ1v) is 12.8. The van der Waals surface area contributed by atoms with Crippen LogP contribution in [0.25, 0.3) is 0 Å². The first kappa shape index (κ1) is 26.2. The molecule has 14 heteroatoms. The van der Waals surface area contributed by atoms with E-state index in [-0.39, 0.29) is 12.0 Å². The second-order valence-corrected chi connectivity index (χ2v) is 11.3. The van der Waals surface area contributed by atoms with Gasteiger partial charge in [0.2, 0.25) is 0 Å². The van der Waals surface area contributed by atoms with Crippen LogP contribution in [0.2, 0.25) is 0 Å². The molecule has 194 valence electrons. The van der Waals surface area contributed by atoms with Gasteiger partial charge in [0, 0.05) is 40.2 Å². The van der Waals surface area contributed by atoms with Gasteiger partial charge in [-0.15, -0.1) is 22.7 Å². The Hall–Kier alpha value is -2.84. The topological polar surface area (TPSA) is 110 Å². The largest absolute Gasteiger partial charge is 0.490 e. The Morgan fingerprint density at radius 3 is 2.42 bits per heavy atom. The fourth-order valence-corrected chi connectivity index (χ4v) is 6.12. The molecule has 0 radical (unpaired) electrons. The van der Waals surface area contributed by atoms with Crippen molar-refractivity contribution in [3.8, 4) is 0 Å². The van der Waals surface area contributed by atoms with E-state index < -0.39 is 23.3 Å². The van der Waals surface area contributed by atoms with Crippen molar-refractivity contribution in [2.75, 3.05) is 13.1 Å². The summed E-state index contributed by atoms with van der Waals surface area (Å²) < 4.78 is 34.7. The van der Waals surface area contributed by atoms with E-state index in [9.17, 15) is 22.8 Å². The number of aryl methyl sites for hydroxylation is 2. The standard InChI is InChI=1S/C20H23N5O2S2.C2HF3O2/c1-13-3-4-16(29-13)10-23-7-5-20(12-23)6-8-24-17(26)18(27)25(22-19(20)24)9-15-11-28-14(2)21-15;3-2(4,5)1(6)7/h3-4,11H,5-10,12H2,1-2H3;(H,6,7). The lowest BCUT2D eigenvalue weighted by atomic mass is 9.85. The van der Waals surface area contributed by atoms with Gasteiger partial charge in [-0.3, -0.25) is 19.1 Å². The van der Waals surface area contributed by atoms with Gasteiger partial charge >= 0.3 is 23.3 Å². The minimum absolute atomic E-state index is 0.140. The van der Waals surface area contributed by atoms with E-state index in [1.54, 1.807) is 4.57 Å². The van der Waals surface area contributed by atoms with Crippen molar-refractivity contribution in [3.63, 3.8) is 0 Å². The molecular weight excluding hydrogens is 519 g/mol. The van der Waals surface area contributed by atoms with Crippen LogP contribution in [0.4, 0.5) is 13.2 Å². The fourth-order valence-electron chi connectivity index (χ4n) is 4.58. The summed E-state index contributed by atoms with van der Waals surface area (Å²) in [6.45, 7) is 7.69. The number of fused-ring (bicyclic) bond motifs is 2. The quantitative estimate of drug-likeness (QED) is 0.504. The Morgan fingerprint density at radius 2 is 1.83 bits per heavy atom. The molecule has 2 aliphatic heterocycles. The number of thiophene rings is 1. The summed E-state index contributed by atoms with van der Waals surface area (Å²) >= 11 is 3.37. The van der Waals surface area contributed by atoms with Gasteiger partial charge in [-0.1, -0.05) is 0 Å². The molecule has 36 heavy (non-hydrogen) atoms. The number of halogens is 3. The smallest absolute Gasteiger partial charge is 0.475 e. The Bertz CT molecular complexity index is 1390. The number of nitrogens with zero attached hydrogens (tertiary/aromatic N) is 5. The molecule has 5 rings (SSSR count). The molecule has 0 aliphatic carbocycles. The van der Waals surface area contributed by atoms with Crippen molar-refractivity contribution in [2.24, 2.45) is 0 Å². The van der Waals surface area contributed by atoms with Gasteiger partial charge in [-0.25, -0.2) is 14.5 Å². The Balaban J connectivity index is 0.000000384. The molecule has 0 amide bonds. The average molecular weight is 544 g/mol. The zero-order chi connectivity index (χ0) is 26.3. The van der Waals surface area contributed by atoms with E-state index in [0.29, 0.717) is 6.54 Å². The number of hydrogen-bond acceptors (Lipinski definition) is 8. The third-order valence-electron chi connectivity index (χ3n) is 6.25. The second kappa shape index (κ2) is 9.90. The molecule has 1 saturated heterocycles. The van der Waals surface area contributed by atoms with Crippen LogP contribution >= 0.6 is 22.7 Å². The lowest BCUT2D eigenvalue weighted by Gasteiger charge is -2.23. The molecule has 9 nitrogen and oxygen atoms in total. The second-order valence-electron chi connectivity index (χ2n) is 8.91. The van der Waals surface area contributed by atoms with Crippen LogP contribution in [0.3, 0.4) is 0 Å². The maximum absolute atomic E-state index is 12.8. The van der Waals surface area contributed by atoms with Gasteiger partial charge in [-0.05, 0) is 45.4 Å². The van der Waals surface area contributed by atoms with Crippen LogP contribution in [0.15, 0.2) is 27.1 Å². The normalized spacial score (nSPS) is 19.4. The van der Waals surface area contributed by atoms with Crippen LogP contribution in [0.1, 0.15) is 39.1 Å². The van der Waals surface area contributed by atoms with Crippen molar-refractivity contribution < 1.29 is 23.1 Å². The van der Waals surface area contributed by atoms with Crippen molar-refractivity contribution in [3.05, 3.63) is 64.5 Å². The van der Waals surface area contributed by atoms with Crippen LogP contribution in [0.5, 0.6) is 0 Å². The zero-order valence-electron chi connectivity index (χ0n) is 19.5. The average Bonchev–Trinajstić information content (AvgIpc) is 3.57. The molecule has 1 N–H and O–H groups in total. The number of carboxylic acid groups (broad SMARTS) is 1. The lowest BCUT2D eigenvalue weighted by molar-refractivity contribution is -0.192. The van der Waals surface area contributed by atoms with E-state index in [1.807, 2.05) is 23.6 Å². The number of carbonyl (C=O) groups is 1. The molecule has 1 atom stereocenters. The number of carboxylic acids is 1. The summed E-state index contributed by atoms with van der Waals surface area (Å²) in [5.41, 5.74) is -0.370. The Morgan fingerprint density at radius 1 is 1.14 bits per heavy atom.